The molecule has 0 spiro atoms. The molecule has 0 aliphatic rings. The highest BCUT2D eigenvalue weighted by Gasteiger charge is 2.07. The predicted octanol–water partition coefficient (Wildman–Crippen LogP) is 1.48. The van der Waals surface area contributed by atoms with Gasteiger partial charge < -0.3 is 10.6 Å². The number of anilines is 1. The van der Waals surface area contributed by atoms with Crippen molar-refractivity contribution in [2.75, 3.05) is 18.5 Å². The van der Waals surface area contributed by atoms with E-state index in [-0.39, 0.29) is 0 Å². The smallest absolute Gasteiger partial charge is 0.0653 e. The van der Waals surface area contributed by atoms with Crippen LogP contribution in [0.2, 0.25) is 0 Å². The lowest BCUT2D eigenvalue weighted by Crippen LogP contribution is -2.22. The van der Waals surface area contributed by atoms with Gasteiger partial charge in [0.15, 0.2) is 0 Å². The van der Waals surface area contributed by atoms with Crippen LogP contribution < -0.4 is 10.6 Å². The van der Waals surface area contributed by atoms with Crippen molar-refractivity contribution in [1.29, 1.82) is 0 Å². The van der Waals surface area contributed by atoms with Crippen LogP contribution >= 0.6 is 0 Å². The molecule has 2 N–H and O–H groups in total. The normalized spacial score (nSPS) is 12.7. The van der Waals surface area contributed by atoms with Crippen molar-refractivity contribution in [1.82, 2.24) is 5.32 Å². The zero-order valence-electron chi connectivity index (χ0n) is 10.0. The number of nitrogens with one attached hydrogen (secondary N) is 2. The fourth-order valence-electron chi connectivity index (χ4n) is 1.59. The first-order valence-corrected chi connectivity index (χ1v) is 6.98. The van der Waals surface area contributed by atoms with Crippen LogP contribution in [0.3, 0.4) is 0 Å². The summed E-state index contributed by atoms with van der Waals surface area (Å²) in [7, 11) is 1.23. The van der Waals surface area contributed by atoms with Crippen LogP contribution in [-0.4, -0.2) is 23.5 Å². The second-order valence-corrected chi connectivity index (χ2v) is 5.25. The van der Waals surface area contributed by atoms with Gasteiger partial charge in [-0.3, -0.25) is 0 Å². The lowest BCUT2D eigenvalue weighted by molar-refractivity contribution is 0.768. The summed E-state index contributed by atoms with van der Waals surface area (Å²) in [6, 6.07) is 8.65. The Bertz CT molecular complexity index is 289. The van der Waals surface area contributed by atoms with Gasteiger partial charge in [-0.05, 0) is 23.7 Å². The lowest BCUT2D eigenvalue weighted by Gasteiger charge is -2.16. The van der Waals surface area contributed by atoms with Crippen LogP contribution in [0.4, 0.5) is 5.69 Å². The van der Waals surface area contributed by atoms with Crippen molar-refractivity contribution in [3.63, 3.8) is 0 Å². The maximum Gasteiger partial charge on any atom is 0.0653 e. The van der Waals surface area contributed by atoms with E-state index in [1.54, 1.807) is 0 Å². The molecule has 1 aromatic carbocycles. The van der Waals surface area contributed by atoms with Crippen LogP contribution in [0.15, 0.2) is 24.3 Å². The van der Waals surface area contributed by atoms with Gasteiger partial charge in [-0.25, -0.2) is 0 Å². The second kappa shape index (κ2) is 6.64. The van der Waals surface area contributed by atoms with E-state index in [1.807, 2.05) is 0 Å². The quantitative estimate of drug-likeness (QED) is 0.433. The Morgan fingerprint density at radius 1 is 1.27 bits per heavy atom. The third-order valence-electron chi connectivity index (χ3n) is 2.76. The molecule has 0 radical (unpaired) electrons. The molecule has 0 saturated heterocycles. The minimum absolute atomic E-state index is 0.760. The molecule has 1 aromatic rings. The highest BCUT2D eigenvalue weighted by molar-refractivity contribution is 6.12. The van der Waals surface area contributed by atoms with Gasteiger partial charge in [-0.1, -0.05) is 38.5 Å². The Morgan fingerprint density at radius 3 is 2.67 bits per heavy atom. The first-order chi connectivity index (χ1) is 7.29. The zero-order chi connectivity index (χ0) is 11.1. The maximum atomic E-state index is 3.44. The van der Waals surface area contributed by atoms with Crippen LogP contribution in [0.5, 0.6) is 0 Å². The van der Waals surface area contributed by atoms with E-state index in [0.29, 0.717) is 0 Å². The van der Waals surface area contributed by atoms with Gasteiger partial charge in [0.25, 0.3) is 0 Å². The molecule has 0 aliphatic carbocycles. The summed E-state index contributed by atoms with van der Waals surface area (Å²) in [5.41, 5.74) is 3.53. The first kappa shape index (κ1) is 12.3. The van der Waals surface area contributed by atoms with Gasteiger partial charge in [0, 0.05) is 15.9 Å². The topological polar surface area (TPSA) is 24.1 Å². The van der Waals surface area contributed by atoms with Crippen molar-refractivity contribution in [2.24, 2.45) is 0 Å². The lowest BCUT2D eigenvalue weighted by atomic mass is 10.1. The van der Waals surface area contributed by atoms with Crippen molar-refractivity contribution >= 4 is 15.9 Å². The number of hydrogen-bond acceptors (Lipinski definition) is 2. The van der Waals surface area contributed by atoms with Crippen molar-refractivity contribution in [2.45, 2.75) is 25.8 Å². The van der Waals surface area contributed by atoms with Crippen LogP contribution in [-0.2, 0) is 0 Å². The van der Waals surface area contributed by atoms with Gasteiger partial charge in [-0.15, -0.1) is 0 Å². The molecule has 0 heterocycles. The summed E-state index contributed by atoms with van der Waals surface area (Å²) in [6.45, 7) is 6.24. The summed E-state index contributed by atoms with van der Waals surface area (Å²) >= 11 is 0. The Morgan fingerprint density at radius 2 is 2.00 bits per heavy atom. The second-order valence-electron chi connectivity index (χ2n) is 3.85. The van der Waals surface area contributed by atoms with Crippen LogP contribution in [0.25, 0.3) is 0 Å². The van der Waals surface area contributed by atoms with Crippen molar-refractivity contribution in [3.05, 3.63) is 29.8 Å². The predicted molar refractivity (Wildman–Crippen MR) is 71.6 cm³/mol. The molecule has 1 unspecified atom stereocenters. The van der Waals surface area contributed by atoms with Gasteiger partial charge in [-0.2, -0.15) is 0 Å². The minimum Gasteiger partial charge on any atom is -0.372 e. The van der Waals surface area contributed by atoms with Crippen LogP contribution in [0.1, 0.15) is 31.4 Å². The Hall–Kier alpha value is -0.803. The van der Waals surface area contributed by atoms with E-state index in [9.17, 15) is 0 Å². The summed E-state index contributed by atoms with van der Waals surface area (Å²) in [5.74, 6) is 0. The Balaban J connectivity index is 2.68. The minimum atomic E-state index is 0.760. The largest absolute Gasteiger partial charge is 0.372 e. The fourth-order valence-corrected chi connectivity index (χ4v) is 2.09. The van der Waals surface area contributed by atoms with Crippen LogP contribution in [0, 0.1) is 0 Å². The molecular formula is C12H22N2Si. The first-order valence-electron chi connectivity index (χ1n) is 5.83. The summed E-state index contributed by atoms with van der Waals surface area (Å²) in [4.78, 5) is 0. The SMILES string of the molecule is CCNCNc1ccccc1C([SiH3])CC. The van der Waals surface area contributed by atoms with E-state index >= 15 is 0 Å². The number of rotatable bonds is 6. The molecule has 0 amide bonds. The van der Waals surface area contributed by atoms with Gasteiger partial charge in [0.2, 0.25) is 0 Å². The Kier molecular flexibility index (Phi) is 5.43. The number of benzene rings is 1. The van der Waals surface area contributed by atoms with E-state index in [1.165, 1.54) is 27.9 Å². The number of para-hydroxylation sites is 1. The molecule has 0 aliphatic heterocycles. The summed E-state index contributed by atoms with van der Waals surface area (Å²) in [6.07, 6.45) is 1.24. The highest BCUT2D eigenvalue weighted by Crippen LogP contribution is 2.23. The molecule has 0 aromatic heterocycles. The summed E-state index contributed by atoms with van der Waals surface area (Å²) < 4.78 is 0. The molecule has 0 saturated carbocycles. The van der Waals surface area contributed by atoms with Gasteiger partial charge >= 0.3 is 0 Å². The highest BCUT2D eigenvalue weighted by atomic mass is 28.1. The summed E-state index contributed by atoms with van der Waals surface area (Å²) in [5, 5.41) is 6.72. The Labute approximate surface area is 95.9 Å². The molecular weight excluding hydrogens is 200 g/mol. The third-order valence-corrected chi connectivity index (χ3v) is 4.20. The monoisotopic (exact) mass is 222 g/mol. The molecule has 0 fully saturated rings. The molecule has 1 rings (SSSR count). The van der Waals surface area contributed by atoms with Gasteiger partial charge in [0.1, 0.15) is 0 Å². The van der Waals surface area contributed by atoms with Crippen molar-refractivity contribution in [3.8, 4) is 0 Å². The average Bonchev–Trinajstić information content (AvgIpc) is 2.29. The molecule has 84 valence electrons. The molecule has 1 atom stereocenters. The van der Waals surface area contributed by atoms with E-state index < -0.39 is 0 Å². The van der Waals surface area contributed by atoms with E-state index in [2.05, 4.69) is 48.7 Å². The molecule has 15 heavy (non-hydrogen) atoms. The van der Waals surface area contributed by atoms with E-state index in [0.717, 1.165) is 18.8 Å². The fraction of sp³-hybridized carbons (Fsp3) is 0.500. The standard InChI is InChI=1S/C12H22N2Si/c1-3-12(15)10-7-5-6-8-11(10)14-9-13-4-2/h5-8,12-14H,3-4,9H2,1-2,15H3. The van der Waals surface area contributed by atoms with Gasteiger partial charge in [0.05, 0.1) is 6.67 Å². The molecule has 0 bridgehead atoms. The zero-order valence-corrected chi connectivity index (χ0v) is 12.0. The molecule has 3 heteroatoms. The number of hydrogen-bond donors (Lipinski definition) is 2. The maximum absolute atomic E-state index is 3.44. The molecule has 2 nitrogen and oxygen atoms in total. The third kappa shape index (κ3) is 3.68. The average molecular weight is 222 g/mol. The van der Waals surface area contributed by atoms with E-state index in [4.69, 9.17) is 0 Å². The van der Waals surface area contributed by atoms with Crippen molar-refractivity contribution < 1.29 is 0 Å².